The van der Waals surface area contributed by atoms with Crippen molar-refractivity contribution in [1.29, 1.82) is 0 Å². The second-order valence-corrected chi connectivity index (χ2v) is 2.93. The van der Waals surface area contributed by atoms with Crippen LogP contribution in [0.5, 0.6) is 0 Å². The fraction of sp³-hybridized carbons (Fsp3) is 0.0909. The summed E-state index contributed by atoms with van der Waals surface area (Å²) in [7, 11) is 0. The Morgan fingerprint density at radius 1 is 1.33 bits per heavy atom. The van der Waals surface area contributed by atoms with Crippen molar-refractivity contribution in [2.45, 2.75) is 6.92 Å². The maximum Gasteiger partial charge on any atom is 0.352 e. The van der Waals surface area contributed by atoms with Gasteiger partial charge in [0.05, 0.1) is 0 Å². The maximum atomic E-state index is 10.8. The molecule has 0 aliphatic carbocycles. The number of carboxylic acids is 1. The van der Waals surface area contributed by atoms with Crippen molar-refractivity contribution >= 4 is 18.0 Å². The number of benzene rings is 1. The molecule has 0 aliphatic rings. The summed E-state index contributed by atoms with van der Waals surface area (Å²) < 4.78 is 0. The SMILES string of the molecule is C/C(=C(/NC=O)C(=O)O)c1ccccc1. The van der Waals surface area contributed by atoms with E-state index in [0.717, 1.165) is 5.56 Å². The van der Waals surface area contributed by atoms with Crippen LogP contribution in [0, 0.1) is 0 Å². The number of carbonyl (C=O) groups is 2. The van der Waals surface area contributed by atoms with Gasteiger partial charge in [0, 0.05) is 0 Å². The van der Waals surface area contributed by atoms with Gasteiger partial charge in [-0.05, 0) is 18.1 Å². The van der Waals surface area contributed by atoms with Gasteiger partial charge < -0.3 is 10.4 Å². The first-order valence-corrected chi connectivity index (χ1v) is 4.36. The summed E-state index contributed by atoms with van der Waals surface area (Å²) in [5.41, 5.74) is 1.19. The topological polar surface area (TPSA) is 66.4 Å². The van der Waals surface area contributed by atoms with Crippen LogP contribution in [-0.2, 0) is 9.59 Å². The average Bonchev–Trinajstić information content (AvgIpc) is 2.26. The van der Waals surface area contributed by atoms with E-state index in [1.54, 1.807) is 31.2 Å². The van der Waals surface area contributed by atoms with Gasteiger partial charge in [0.25, 0.3) is 0 Å². The molecule has 15 heavy (non-hydrogen) atoms. The van der Waals surface area contributed by atoms with E-state index in [1.165, 1.54) is 0 Å². The Kier molecular flexibility index (Phi) is 3.62. The summed E-state index contributed by atoms with van der Waals surface area (Å²) in [5.74, 6) is -1.15. The Morgan fingerprint density at radius 3 is 2.40 bits per heavy atom. The molecule has 1 aromatic carbocycles. The predicted octanol–water partition coefficient (Wildman–Crippen LogP) is 1.25. The number of rotatable bonds is 4. The molecule has 0 heterocycles. The number of amides is 1. The first-order valence-electron chi connectivity index (χ1n) is 4.36. The summed E-state index contributed by atoms with van der Waals surface area (Å²) >= 11 is 0. The van der Waals surface area contributed by atoms with Gasteiger partial charge in [-0.25, -0.2) is 4.79 Å². The molecule has 0 aliphatic heterocycles. The van der Waals surface area contributed by atoms with Crippen molar-refractivity contribution in [3.8, 4) is 0 Å². The molecule has 0 atom stereocenters. The van der Waals surface area contributed by atoms with E-state index in [0.29, 0.717) is 12.0 Å². The Bertz CT molecular complexity index is 396. The number of carboxylic acid groups (broad SMARTS) is 1. The van der Waals surface area contributed by atoms with E-state index in [1.807, 2.05) is 6.07 Å². The Morgan fingerprint density at radius 2 is 1.93 bits per heavy atom. The summed E-state index contributed by atoms with van der Waals surface area (Å²) in [6.45, 7) is 1.65. The molecule has 78 valence electrons. The molecule has 2 N–H and O–H groups in total. The van der Waals surface area contributed by atoms with Gasteiger partial charge in [-0.2, -0.15) is 0 Å². The molecule has 0 fully saturated rings. The van der Waals surface area contributed by atoms with Crippen LogP contribution in [0.1, 0.15) is 12.5 Å². The number of nitrogens with one attached hydrogen (secondary N) is 1. The van der Waals surface area contributed by atoms with Crippen molar-refractivity contribution in [1.82, 2.24) is 5.32 Å². The van der Waals surface area contributed by atoms with Crippen LogP contribution in [0.4, 0.5) is 0 Å². The molecule has 0 saturated heterocycles. The number of hydrogen-bond acceptors (Lipinski definition) is 2. The lowest BCUT2D eigenvalue weighted by molar-refractivity contribution is -0.133. The summed E-state index contributed by atoms with van der Waals surface area (Å²) in [4.78, 5) is 21.1. The van der Waals surface area contributed by atoms with Crippen LogP contribution in [0.15, 0.2) is 36.0 Å². The van der Waals surface area contributed by atoms with Crippen molar-refractivity contribution in [2.75, 3.05) is 0 Å². The van der Waals surface area contributed by atoms with E-state index >= 15 is 0 Å². The van der Waals surface area contributed by atoms with Crippen molar-refractivity contribution in [2.24, 2.45) is 0 Å². The summed E-state index contributed by atoms with van der Waals surface area (Å²) in [6.07, 6.45) is 0.357. The van der Waals surface area contributed by atoms with E-state index in [9.17, 15) is 9.59 Å². The molecule has 0 saturated carbocycles. The lowest BCUT2D eigenvalue weighted by atomic mass is 10.1. The molecule has 0 spiro atoms. The van der Waals surface area contributed by atoms with E-state index < -0.39 is 5.97 Å². The second-order valence-electron chi connectivity index (χ2n) is 2.93. The lowest BCUT2D eigenvalue weighted by Gasteiger charge is -2.06. The maximum absolute atomic E-state index is 10.8. The van der Waals surface area contributed by atoms with Gasteiger partial charge in [-0.1, -0.05) is 30.3 Å². The minimum absolute atomic E-state index is 0.101. The highest BCUT2D eigenvalue weighted by atomic mass is 16.4. The molecule has 4 nitrogen and oxygen atoms in total. The van der Waals surface area contributed by atoms with Crippen molar-refractivity contribution in [3.63, 3.8) is 0 Å². The molecule has 0 radical (unpaired) electrons. The largest absolute Gasteiger partial charge is 0.477 e. The van der Waals surface area contributed by atoms with Gasteiger partial charge in [-0.3, -0.25) is 4.79 Å². The highest BCUT2D eigenvalue weighted by Crippen LogP contribution is 2.16. The number of aliphatic carboxylic acids is 1. The Balaban J connectivity index is 3.16. The number of carbonyl (C=O) groups excluding carboxylic acids is 1. The normalized spacial score (nSPS) is 11.5. The Hall–Kier alpha value is -2.10. The molecule has 1 rings (SSSR count). The first kappa shape index (κ1) is 11.0. The Labute approximate surface area is 87.2 Å². The third kappa shape index (κ3) is 2.67. The van der Waals surface area contributed by atoms with Crippen LogP contribution in [0.2, 0.25) is 0 Å². The third-order valence-corrected chi connectivity index (χ3v) is 2.00. The molecule has 0 aromatic heterocycles. The zero-order valence-electron chi connectivity index (χ0n) is 8.23. The van der Waals surface area contributed by atoms with Crippen LogP contribution in [0.3, 0.4) is 0 Å². The van der Waals surface area contributed by atoms with E-state index in [-0.39, 0.29) is 5.70 Å². The molecule has 1 aromatic rings. The molecule has 4 heteroatoms. The van der Waals surface area contributed by atoms with Gasteiger partial charge in [0.15, 0.2) is 0 Å². The fourth-order valence-corrected chi connectivity index (χ4v) is 1.22. The number of allylic oxidation sites excluding steroid dienone is 1. The first-order chi connectivity index (χ1) is 7.16. The van der Waals surface area contributed by atoms with Crippen LogP contribution in [0.25, 0.3) is 5.57 Å². The summed E-state index contributed by atoms with van der Waals surface area (Å²) in [6, 6.07) is 9.01. The van der Waals surface area contributed by atoms with Crippen molar-refractivity contribution in [3.05, 3.63) is 41.6 Å². The molecule has 1 amide bonds. The smallest absolute Gasteiger partial charge is 0.352 e. The fourth-order valence-electron chi connectivity index (χ4n) is 1.22. The zero-order valence-corrected chi connectivity index (χ0v) is 8.23. The standard InChI is InChI=1S/C11H11NO3/c1-8(9-5-3-2-4-6-9)10(11(14)15)12-7-13/h2-7H,1H3,(H,12,13)(H,14,15)/b10-8-. The minimum atomic E-state index is -1.15. The van der Waals surface area contributed by atoms with Gasteiger partial charge in [0.1, 0.15) is 5.70 Å². The quantitative estimate of drug-likeness (QED) is 0.574. The van der Waals surface area contributed by atoms with Gasteiger partial charge in [-0.15, -0.1) is 0 Å². The van der Waals surface area contributed by atoms with Crippen molar-refractivity contribution < 1.29 is 14.7 Å². The monoisotopic (exact) mass is 205 g/mol. The van der Waals surface area contributed by atoms with Crippen LogP contribution >= 0.6 is 0 Å². The van der Waals surface area contributed by atoms with E-state index in [2.05, 4.69) is 5.32 Å². The molecular weight excluding hydrogens is 194 g/mol. The van der Waals surface area contributed by atoms with E-state index in [4.69, 9.17) is 5.11 Å². The van der Waals surface area contributed by atoms with Gasteiger partial charge >= 0.3 is 5.97 Å². The highest BCUT2D eigenvalue weighted by Gasteiger charge is 2.11. The van der Waals surface area contributed by atoms with Crippen LogP contribution in [-0.4, -0.2) is 17.5 Å². The predicted molar refractivity (Wildman–Crippen MR) is 55.9 cm³/mol. The minimum Gasteiger partial charge on any atom is -0.477 e. The highest BCUT2D eigenvalue weighted by molar-refractivity contribution is 5.97. The second kappa shape index (κ2) is 4.95. The average molecular weight is 205 g/mol. The lowest BCUT2D eigenvalue weighted by Crippen LogP contribution is -2.19. The molecule has 0 bridgehead atoms. The zero-order chi connectivity index (χ0) is 11.3. The number of hydrogen-bond donors (Lipinski definition) is 2. The third-order valence-electron chi connectivity index (χ3n) is 2.00. The van der Waals surface area contributed by atoms with Crippen LogP contribution < -0.4 is 5.32 Å². The molecule has 0 unspecified atom stereocenters. The molecular formula is C11H11NO3. The summed E-state index contributed by atoms with van der Waals surface area (Å²) in [5, 5.41) is 11.0. The van der Waals surface area contributed by atoms with Gasteiger partial charge in [0.2, 0.25) is 6.41 Å².